The minimum Gasteiger partial charge on any atom is -0.301 e. The van der Waals surface area contributed by atoms with Crippen molar-refractivity contribution in [2.75, 3.05) is 18.9 Å². The molecule has 0 aliphatic carbocycles. The number of hydrogen-bond donors (Lipinski definition) is 1. The number of nitrogens with one attached hydrogen (secondary N) is 1. The molecule has 1 heterocycles. The smallest absolute Gasteiger partial charge is 0.243 e. The van der Waals surface area contributed by atoms with Gasteiger partial charge in [0, 0.05) is 18.0 Å². The van der Waals surface area contributed by atoms with Crippen molar-refractivity contribution in [2.45, 2.75) is 4.90 Å². The number of aromatic nitrogens is 1. The second kappa shape index (κ2) is 8.13. The van der Waals surface area contributed by atoms with Gasteiger partial charge in [-0.1, -0.05) is 0 Å². The molecular weight excluding hydrogens is 408 g/mol. The van der Waals surface area contributed by atoms with Crippen molar-refractivity contribution in [1.82, 2.24) is 9.29 Å². The van der Waals surface area contributed by atoms with Crippen molar-refractivity contribution in [3.63, 3.8) is 0 Å². The van der Waals surface area contributed by atoms with Crippen LogP contribution >= 0.6 is 11.3 Å². The van der Waals surface area contributed by atoms with E-state index in [1.807, 2.05) is 0 Å². The summed E-state index contributed by atoms with van der Waals surface area (Å²) < 4.78 is 51.7. The second-order valence-electron chi connectivity index (χ2n) is 5.81. The van der Waals surface area contributed by atoms with Crippen molar-refractivity contribution in [3.05, 3.63) is 65.5 Å². The molecule has 1 amide bonds. The lowest BCUT2D eigenvalue weighted by Crippen LogP contribution is -2.34. The van der Waals surface area contributed by atoms with Crippen LogP contribution < -0.4 is 5.32 Å². The number of carbonyl (C=O) groups excluding carboxylic acids is 1. The first-order valence-corrected chi connectivity index (χ1v) is 10.3. The predicted molar refractivity (Wildman–Crippen MR) is 102 cm³/mol. The molecular formula is C18H15F2N3O3S2. The molecule has 10 heteroatoms. The summed E-state index contributed by atoms with van der Waals surface area (Å²) in [6.45, 7) is -0.439. The number of carbonyl (C=O) groups is 1. The van der Waals surface area contributed by atoms with Gasteiger partial charge in [0.25, 0.3) is 0 Å². The number of sulfonamides is 1. The van der Waals surface area contributed by atoms with Crippen LogP contribution in [-0.2, 0) is 14.8 Å². The topological polar surface area (TPSA) is 79.4 Å². The average molecular weight is 423 g/mol. The molecule has 1 N–H and O–H groups in total. The van der Waals surface area contributed by atoms with Gasteiger partial charge in [-0.15, -0.1) is 11.3 Å². The van der Waals surface area contributed by atoms with Gasteiger partial charge < -0.3 is 5.32 Å². The van der Waals surface area contributed by atoms with E-state index in [9.17, 15) is 22.0 Å². The Labute approximate surface area is 164 Å². The molecule has 0 saturated heterocycles. The van der Waals surface area contributed by atoms with Gasteiger partial charge in [0.15, 0.2) is 5.13 Å². The molecule has 28 heavy (non-hydrogen) atoms. The molecule has 0 spiro atoms. The zero-order valence-electron chi connectivity index (χ0n) is 14.6. The Morgan fingerprint density at radius 1 is 1.07 bits per heavy atom. The number of likely N-dealkylation sites (N-methyl/N-ethyl adjacent to an activating group) is 1. The number of rotatable bonds is 6. The highest BCUT2D eigenvalue weighted by Crippen LogP contribution is 2.25. The highest BCUT2D eigenvalue weighted by molar-refractivity contribution is 7.89. The SMILES string of the molecule is CN(CC(=O)Nc1nc(-c2ccc(F)cc2)cs1)S(=O)(=O)c1ccc(F)cc1. The lowest BCUT2D eigenvalue weighted by atomic mass is 10.2. The van der Waals surface area contributed by atoms with Gasteiger partial charge in [-0.2, -0.15) is 4.31 Å². The largest absolute Gasteiger partial charge is 0.301 e. The summed E-state index contributed by atoms with van der Waals surface area (Å²) in [6, 6.07) is 10.1. The molecule has 0 aliphatic heterocycles. The van der Waals surface area contributed by atoms with E-state index in [2.05, 4.69) is 10.3 Å². The van der Waals surface area contributed by atoms with E-state index in [1.54, 1.807) is 17.5 Å². The highest BCUT2D eigenvalue weighted by atomic mass is 32.2. The second-order valence-corrected chi connectivity index (χ2v) is 8.71. The van der Waals surface area contributed by atoms with Gasteiger partial charge >= 0.3 is 0 Å². The van der Waals surface area contributed by atoms with Gasteiger partial charge in [-0.25, -0.2) is 22.2 Å². The van der Waals surface area contributed by atoms with E-state index in [4.69, 9.17) is 0 Å². The van der Waals surface area contributed by atoms with E-state index in [-0.39, 0.29) is 15.8 Å². The molecule has 0 bridgehead atoms. The molecule has 0 atom stereocenters. The number of amides is 1. The molecule has 146 valence electrons. The van der Waals surface area contributed by atoms with Crippen LogP contribution in [-0.4, -0.2) is 37.2 Å². The monoisotopic (exact) mass is 423 g/mol. The van der Waals surface area contributed by atoms with Gasteiger partial charge in [-0.3, -0.25) is 4.79 Å². The lowest BCUT2D eigenvalue weighted by molar-refractivity contribution is -0.116. The first-order valence-electron chi connectivity index (χ1n) is 7.99. The summed E-state index contributed by atoms with van der Waals surface area (Å²) in [7, 11) is -2.68. The minimum absolute atomic E-state index is 0.114. The maximum absolute atomic E-state index is 13.0. The van der Waals surface area contributed by atoms with Crippen LogP contribution in [0.25, 0.3) is 11.3 Å². The Hall–Kier alpha value is -2.69. The quantitative estimate of drug-likeness (QED) is 0.660. The molecule has 0 unspecified atom stereocenters. The zero-order chi connectivity index (χ0) is 20.3. The van der Waals surface area contributed by atoms with Gasteiger partial charge in [0.2, 0.25) is 15.9 Å². The molecule has 3 aromatic rings. The van der Waals surface area contributed by atoms with Crippen LogP contribution in [0.1, 0.15) is 0 Å². The number of thiazole rings is 1. The van der Waals surface area contributed by atoms with Crippen LogP contribution in [0.3, 0.4) is 0 Å². The Morgan fingerprint density at radius 2 is 1.64 bits per heavy atom. The van der Waals surface area contributed by atoms with Crippen LogP contribution in [0.4, 0.5) is 13.9 Å². The van der Waals surface area contributed by atoms with E-state index < -0.39 is 28.3 Å². The fourth-order valence-electron chi connectivity index (χ4n) is 2.32. The number of anilines is 1. The van der Waals surface area contributed by atoms with Crippen molar-refractivity contribution >= 4 is 32.4 Å². The maximum atomic E-state index is 13.0. The molecule has 0 saturated carbocycles. The van der Waals surface area contributed by atoms with Crippen LogP contribution in [0.2, 0.25) is 0 Å². The molecule has 0 radical (unpaired) electrons. The summed E-state index contributed by atoms with van der Waals surface area (Å²) in [5.41, 5.74) is 1.25. The Morgan fingerprint density at radius 3 is 2.25 bits per heavy atom. The predicted octanol–water partition coefficient (Wildman–Crippen LogP) is 3.35. The van der Waals surface area contributed by atoms with E-state index in [0.717, 1.165) is 39.9 Å². The first-order chi connectivity index (χ1) is 13.3. The Bertz CT molecular complexity index is 1080. The fraction of sp³-hybridized carbons (Fsp3) is 0.111. The molecule has 0 aliphatic rings. The summed E-state index contributed by atoms with van der Waals surface area (Å²) >= 11 is 1.16. The van der Waals surface area contributed by atoms with Crippen LogP contribution in [0.15, 0.2) is 58.8 Å². The summed E-state index contributed by atoms with van der Waals surface area (Å²) in [4.78, 5) is 16.3. The number of halogens is 2. The van der Waals surface area contributed by atoms with E-state index in [0.29, 0.717) is 11.3 Å². The van der Waals surface area contributed by atoms with Crippen molar-refractivity contribution in [2.24, 2.45) is 0 Å². The third kappa shape index (κ3) is 4.58. The standard InChI is InChI=1S/C18H15F2N3O3S2/c1-23(28(25,26)15-8-6-14(20)7-9-15)10-17(24)22-18-21-16(11-27-18)12-2-4-13(19)5-3-12/h2-9,11H,10H2,1H3,(H,21,22,24). The number of hydrogen-bond acceptors (Lipinski definition) is 5. The van der Waals surface area contributed by atoms with Crippen LogP contribution in [0, 0.1) is 11.6 Å². The average Bonchev–Trinajstić information content (AvgIpc) is 3.10. The first kappa shape index (κ1) is 20.1. The summed E-state index contributed by atoms with van der Waals surface area (Å²) in [6.07, 6.45) is 0. The molecule has 0 fully saturated rings. The normalized spacial score (nSPS) is 11.6. The Balaban J connectivity index is 1.65. The van der Waals surface area contributed by atoms with Crippen molar-refractivity contribution in [1.29, 1.82) is 0 Å². The van der Waals surface area contributed by atoms with Gasteiger partial charge in [0.1, 0.15) is 11.6 Å². The maximum Gasteiger partial charge on any atom is 0.243 e. The van der Waals surface area contributed by atoms with E-state index >= 15 is 0 Å². The molecule has 6 nitrogen and oxygen atoms in total. The fourth-order valence-corrected chi connectivity index (χ4v) is 4.18. The van der Waals surface area contributed by atoms with Crippen molar-refractivity contribution < 1.29 is 22.0 Å². The van der Waals surface area contributed by atoms with Gasteiger partial charge in [-0.05, 0) is 48.5 Å². The third-order valence-electron chi connectivity index (χ3n) is 3.78. The summed E-state index contributed by atoms with van der Waals surface area (Å²) in [5.74, 6) is -1.49. The van der Waals surface area contributed by atoms with Gasteiger partial charge in [0.05, 0.1) is 17.1 Å². The molecule has 1 aromatic heterocycles. The van der Waals surface area contributed by atoms with Crippen LogP contribution in [0.5, 0.6) is 0 Å². The van der Waals surface area contributed by atoms with E-state index in [1.165, 1.54) is 19.2 Å². The lowest BCUT2D eigenvalue weighted by Gasteiger charge is -2.16. The minimum atomic E-state index is -3.93. The molecule has 2 aromatic carbocycles. The molecule has 3 rings (SSSR count). The number of nitrogens with zero attached hydrogens (tertiary/aromatic N) is 2. The summed E-state index contributed by atoms with van der Waals surface area (Å²) in [5, 5.41) is 4.52. The van der Waals surface area contributed by atoms with Crippen molar-refractivity contribution in [3.8, 4) is 11.3 Å². The number of benzene rings is 2. The highest BCUT2D eigenvalue weighted by Gasteiger charge is 2.23. The Kier molecular flexibility index (Phi) is 5.82. The third-order valence-corrected chi connectivity index (χ3v) is 6.35. The zero-order valence-corrected chi connectivity index (χ0v) is 16.2.